The monoisotopic (exact) mass is 338 g/mol. The van der Waals surface area contributed by atoms with E-state index < -0.39 is 0 Å². The Morgan fingerprint density at radius 1 is 1.39 bits per heavy atom. The number of aromatic nitrogens is 1. The zero-order valence-electron chi connectivity index (χ0n) is 14.7. The number of nitrogens with zero attached hydrogens (tertiary/aromatic N) is 3. The number of aryl methyl sites for hydroxylation is 1. The van der Waals surface area contributed by atoms with E-state index in [4.69, 9.17) is 9.73 Å². The van der Waals surface area contributed by atoms with Gasteiger partial charge in [0.25, 0.3) is 0 Å². The van der Waals surface area contributed by atoms with Crippen LogP contribution in [0.1, 0.15) is 44.3 Å². The summed E-state index contributed by atoms with van der Waals surface area (Å²) in [5.74, 6) is 1.04. The fraction of sp³-hybridized carbons (Fsp3) is 0.765. The molecule has 0 atom stereocenters. The molecule has 0 aliphatic carbocycles. The molecule has 1 aliphatic rings. The Labute approximate surface area is 144 Å². The predicted molar refractivity (Wildman–Crippen MR) is 97.4 cm³/mol. The molecule has 1 saturated heterocycles. The van der Waals surface area contributed by atoms with Crippen molar-refractivity contribution in [2.45, 2.75) is 52.6 Å². The zero-order valence-corrected chi connectivity index (χ0v) is 15.5. The zero-order chi connectivity index (χ0) is 16.5. The molecule has 23 heavy (non-hydrogen) atoms. The Kier molecular flexibility index (Phi) is 7.82. The molecule has 0 amide bonds. The van der Waals surface area contributed by atoms with Crippen LogP contribution in [0.15, 0.2) is 10.4 Å². The molecule has 130 valence electrons. The Hall–Kier alpha value is -1.14. The lowest BCUT2D eigenvalue weighted by Crippen LogP contribution is -2.47. The van der Waals surface area contributed by atoms with E-state index in [0.717, 1.165) is 64.4 Å². The average molecular weight is 339 g/mol. The minimum absolute atomic E-state index is 0.418. The van der Waals surface area contributed by atoms with Crippen molar-refractivity contribution in [1.82, 2.24) is 15.2 Å². The number of aliphatic imine (C=N–C) groups is 1. The van der Waals surface area contributed by atoms with Gasteiger partial charge in [-0.1, -0.05) is 6.92 Å². The number of hydrogen-bond donors (Lipinski definition) is 1. The highest BCUT2D eigenvalue weighted by atomic mass is 32.1. The molecule has 5 nitrogen and oxygen atoms in total. The fourth-order valence-electron chi connectivity index (χ4n) is 2.80. The number of likely N-dealkylation sites (tertiary alicyclic amines) is 1. The summed E-state index contributed by atoms with van der Waals surface area (Å²) >= 11 is 1.75. The van der Waals surface area contributed by atoms with Gasteiger partial charge < -0.3 is 15.0 Å². The maximum absolute atomic E-state index is 5.73. The van der Waals surface area contributed by atoms with Gasteiger partial charge in [0.15, 0.2) is 5.96 Å². The molecule has 1 aromatic heterocycles. The summed E-state index contributed by atoms with van der Waals surface area (Å²) in [6.45, 7) is 10.9. The maximum Gasteiger partial charge on any atom is 0.193 e. The van der Waals surface area contributed by atoms with E-state index >= 15 is 0 Å². The van der Waals surface area contributed by atoms with Crippen molar-refractivity contribution in [3.63, 3.8) is 0 Å². The molecule has 0 saturated carbocycles. The number of nitrogens with one attached hydrogen (secondary N) is 1. The molecule has 0 unspecified atom stereocenters. The first-order chi connectivity index (χ1) is 11.3. The van der Waals surface area contributed by atoms with Crippen LogP contribution in [0, 0.1) is 0 Å². The molecule has 0 bridgehead atoms. The lowest BCUT2D eigenvalue weighted by Gasteiger charge is -2.34. The minimum Gasteiger partial charge on any atom is -0.378 e. The quantitative estimate of drug-likeness (QED) is 0.613. The smallest absolute Gasteiger partial charge is 0.193 e. The molecule has 6 heteroatoms. The van der Waals surface area contributed by atoms with Crippen molar-refractivity contribution in [1.29, 1.82) is 0 Å². The second-order valence-corrected chi connectivity index (χ2v) is 6.66. The van der Waals surface area contributed by atoms with E-state index in [9.17, 15) is 0 Å². The first-order valence-electron chi connectivity index (χ1n) is 8.84. The van der Waals surface area contributed by atoms with Crippen LogP contribution in [0.3, 0.4) is 0 Å². The maximum atomic E-state index is 5.73. The summed E-state index contributed by atoms with van der Waals surface area (Å²) in [5, 5.41) is 6.80. The summed E-state index contributed by atoms with van der Waals surface area (Å²) in [6, 6.07) is 0. The highest BCUT2D eigenvalue weighted by Crippen LogP contribution is 2.14. The molecular formula is C17H30N4OS. The lowest BCUT2D eigenvalue weighted by molar-refractivity contribution is 0.0264. The van der Waals surface area contributed by atoms with Gasteiger partial charge in [0.2, 0.25) is 0 Å². The van der Waals surface area contributed by atoms with E-state index in [1.54, 1.807) is 11.3 Å². The van der Waals surface area contributed by atoms with Gasteiger partial charge in [-0.3, -0.25) is 4.99 Å². The highest BCUT2D eigenvalue weighted by Gasteiger charge is 2.21. The molecule has 1 aliphatic heterocycles. The third kappa shape index (κ3) is 5.77. The van der Waals surface area contributed by atoms with Gasteiger partial charge in [0, 0.05) is 44.6 Å². The molecule has 0 spiro atoms. The van der Waals surface area contributed by atoms with Gasteiger partial charge in [-0.15, -0.1) is 11.3 Å². The van der Waals surface area contributed by atoms with Crippen LogP contribution in [0.4, 0.5) is 0 Å². The third-order valence-electron chi connectivity index (χ3n) is 4.01. The van der Waals surface area contributed by atoms with Crippen LogP contribution in [0.25, 0.3) is 0 Å². The fourth-order valence-corrected chi connectivity index (χ4v) is 3.58. The SMILES string of the molecule is CCNC(=NCCc1csc(CC)n1)N1CCC(OCC)CC1. The van der Waals surface area contributed by atoms with Crippen LogP contribution >= 0.6 is 11.3 Å². The Morgan fingerprint density at radius 3 is 2.78 bits per heavy atom. The molecule has 1 fully saturated rings. The molecule has 0 radical (unpaired) electrons. The summed E-state index contributed by atoms with van der Waals surface area (Å²) in [5.41, 5.74) is 1.17. The van der Waals surface area contributed by atoms with Crippen LogP contribution < -0.4 is 5.32 Å². The van der Waals surface area contributed by atoms with E-state index in [0.29, 0.717) is 6.10 Å². The van der Waals surface area contributed by atoms with Gasteiger partial charge in [-0.2, -0.15) is 0 Å². The topological polar surface area (TPSA) is 49.8 Å². The van der Waals surface area contributed by atoms with Crippen molar-refractivity contribution in [2.75, 3.05) is 32.8 Å². The van der Waals surface area contributed by atoms with Gasteiger partial charge in [0.1, 0.15) is 0 Å². The minimum atomic E-state index is 0.418. The van der Waals surface area contributed by atoms with Crippen LogP contribution in [0.5, 0.6) is 0 Å². The normalized spacial score (nSPS) is 16.8. The molecule has 1 N–H and O–H groups in total. The van der Waals surface area contributed by atoms with E-state index in [1.807, 2.05) is 0 Å². The van der Waals surface area contributed by atoms with Crippen molar-refractivity contribution >= 4 is 17.3 Å². The molecule has 0 aromatic carbocycles. The molecular weight excluding hydrogens is 308 g/mol. The van der Waals surface area contributed by atoms with Gasteiger partial charge in [-0.05, 0) is 33.1 Å². The van der Waals surface area contributed by atoms with Crippen LogP contribution in [-0.2, 0) is 17.6 Å². The summed E-state index contributed by atoms with van der Waals surface area (Å²) in [6.07, 6.45) is 4.53. The first kappa shape index (κ1) is 18.2. The number of ether oxygens (including phenoxy) is 1. The standard InChI is InChI=1S/C17H30N4OS/c1-4-16-20-14(13-23-16)7-10-19-17(18-5-2)21-11-8-15(9-12-21)22-6-3/h13,15H,4-12H2,1-3H3,(H,18,19). The predicted octanol–water partition coefficient (Wildman–Crippen LogP) is 2.71. The Balaban J connectivity index is 1.84. The third-order valence-corrected chi connectivity index (χ3v) is 5.05. The van der Waals surface area contributed by atoms with Crippen LogP contribution in [-0.4, -0.2) is 54.7 Å². The first-order valence-corrected chi connectivity index (χ1v) is 9.72. The molecule has 1 aromatic rings. The van der Waals surface area contributed by atoms with Gasteiger partial charge >= 0.3 is 0 Å². The summed E-state index contributed by atoms with van der Waals surface area (Å²) < 4.78 is 5.73. The Bertz CT molecular complexity index is 481. The number of thiazole rings is 1. The summed E-state index contributed by atoms with van der Waals surface area (Å²) in [7, 11) is 0. The number of guanidine groups is 1. The Morgan fingerprint density at radius 2 is 2.17 bits per heavy atom. The number of piperidine rings is 1. The molecule has 2 rings (SSSR count). The van der Waals surface area contributed by atoms with E-state index in [-0.39, 0.29) is 0 Å². The summed E-state index contributed by atoms with van der Waals surface area (Å²) in [4.78, 5) is 11.8. The van der Waals surface area contributed by atoms with Gasteiger partial charge in [0.05, 0.1) is 16.8 Å². The van der Waals surface area contributed by atoms with Crippen molar-refractivity contribution in [2.24, 2.45) is 4.99 Å². The van der Waals surface area contributed by atoms with Crippen molar-refractivity contribution in [3.8, 4) is 0 Å². The second kappa shape index (κ2) is 9.88. The van der Waals surface area contributed by atoms with Crippen molar-refractivity contribution in [3.05, 3.63) is 16.1 Å². The number of rotatable bonds is 7. The highest BCUT2D eigenvalue weighted by molar-refractivity contribution is 7.09. The van der Waals surface area contributed by atoms with E-state index in [2.05, 4.69) is 41.4 Å². The van der Waals surface area contributed by atoms with Gasteiger partial charge in [-0.25, -0.2) is 4.98 Å². The van der Waals surface area contributed by atoms with Crippen LogP contribution in [0.2, 0.25) is 0 Å². The average Bonchev–Trinajstić information content (AvgIpc) is 3.03. The lowest BCUT2D eigenvalue weighted by atomic mass is 10.1. The molecule has 2 heterocycles. The van der Waals surface area contributed by atoms with E-state index in [1.165, 1.54) is 10.7 Å². The van der Waals surface area contributed by atoms with Crippen molar-refractivity contribution < 1.29 is 4.74 Å². The largest absolute Gasteiger partial charge is 0.378 e. The second-order valence-electron chi connectivity index (χ2n) is 5.71. The number of hydrogen-bond acceptors (Lipinski definition) is 4.